The highest BCUT2D eigenvalue weighted by Gasteiger charge is 2.36. The molecule has 8 heteroatoms. The minimum atomic E-state index is -3.09. The van der Waals surface area contributed by atoms with Crippen molar-refractivity contribution in [3.63, 3.8) is 0 Å². The summed E-state index contributed by atoms with van der Waals surface area (Å²) < 4.78 is 23.4. The predicted molar refractivity (Wildman–Crippen MR) is 72.3 cm³/mol. The van der Waals surface area contributed by atoms with Crippen LogP contribution in [0, 0.1) is 0 Å². The number of pyridine rings is 1. The molecule has 3 heterocycles. The number of hydrogen-bond acceptors (Lipinski definition) is 5. The Balaban J connectivity index is 2.07. The number of nitrogens with one attached hydrogen (secondary N) is 1. The van der Waals surface area contributed by atoms with Crippen molar-refractivity contribution in [2.45, 2.75) is 12.5 Å². The molecule has 0 aromatic carbocycles. The van der Waals surface area contributed by atoms with Gasteiger partial charge in [-0.05, 0) is 12.1 Å². The number of carbonyl (C=O) groups is 1. The first-order chi connectivity index (χ1) is 8.94. The molecule has 1 saturated heterocycles. The van der Waals surface area contributed by atoms with E-state index < -0.39 is 9.84 Å². The Morgan fingerprint density at radius 3 is 3.00 bits per heavy atom. The van der Waals surface area contributed by atoms with E-state index in [4.69, 9.17) is 11.6 Å². The van der Waals surface area contributed by atoms with Crippen molar-refractivity contribution in [2.24, 2.45) is 0 Å². The third-order valence-electron chi connectivity index (χ3n) is 3.34. The van der Waals surface area contributed by atoms with Crippen molar-refractivity contribution in [1.82, 2.24) is 4.98 Å². The van der Waals surface area contributed by atoms with Gasteiger partial charge in [-0.2, -0.15) is 0 Å². The average Bonchev–Trinajstić information content (AvgIpc) is 2.43. The van der Waals surface area contributed by atoms with Crippen molar-refractivity contribution in [1.29, 1.82) is 0 Å². The number of fused-ring (bicyclic) bond motifs is 3. The molecule has 0 aliphatic carbocycles. The lowest BCUT2D eigenvalue weighted by Crippen LogP contribution is -2.49. The standard InChI is InChI=1S/C11H12ClN3O3S/c12-9-2-1-8-11(14-9)15-3-4-19(17,18)6-7(15)5-10(16)13-8/h1-2,7H,3-6H2,(H,13,16). The van der Waals surface area contributed by atoms with Gasteiger partial charge in [0.15, 0.2) is 15.7 Å². The zero-order chi connectivity index (χ0) is 13.6. The summed E-state index contributed by atoms with van der Waals surface area (Å²) in [4.78, 5) is 17.9. The molecule has 3 rings (SSSR count). The van der Waals surface area contributed by atoms with Gasteiger partial charge < -0.3 is 10.2 Å². The van der Waals surface area contributed by atoms with Crippen LogP contribution in [0.5, 0.6) is 0 Å². The number of amides is 1. The van der Waals surface area contributed by atoms with Gasteiger partial charge in [0.2, 0.25) is 5.91 Å². The second kappa shape index (κ2) is 4.35. The Kier molecular flexibility index (Phi) is 2.90. The quantitative estimate of drug-likeness (QED) is 0.713. The number of hydrogen-bond donors (Lipinski definition) is 1. The highest BCUT2D eigenvalue weighted by atomic mass is 35.5. The molecule has 1 unspecified atom stereocenters. The molecular weight excluding hydrogens is 290 g/mol. The molecule has 1 aromatic rings. The molecular formula is C11H12ClN3O3S. The van der Waals surface area contributed by atoms with Crippen LogP contribution in [-0.4, -0.2) is 43.4 Å². The molecule has 1 aromatic heterocycles. The number of carbonyl (C=O) groups excluding carboxylic acids is 1. The van der Waals surface area contributed by atoms with Crippen molar-refractivity contribution in [3.8, 4) is 0 Å². The molecule has 0 bridgehead atoms. The largest absolute Gasteiger partial charge is 0.349 e. The SMILES string of the molecule is O=C1CC2CS(=O)(=O)CCN2c2nc(Cl)ccc2N1. The molecule has 102 valence electrons. The molecule has 6 nitrogen and oxygen atoms in total. The van der Waals surface area contributed by atoms with Crippen LogP contribution in [0.15, 0.2) is 12.1 Å². The summed E-state index contributed by atoms with van der Waals surface area (Å²) >= 11 is 5.88. The second-order valence-electron chi connectivity index (χ2n) is 4.72. The van der Waals surface area contributed by atoms with E-state index in [0.717, 1.165) is 0 Å². The normalized spacial score (nSPS) is 25.0. The molecule has 0 spiro atoms. The van der Waals surface area contributed by atoms with Crippen LogP contribution < -0.4 is 10.2 Å². The van der Waals surface area contributed by atoms with Crippen LogP contribution in [-0.2, 0) is 14.6 Å². The maximum absolute atomic E-state index is 11.8. The molecule has 1 N–H and O–H groups in total. The fourth-order valence-electron chi connectivity index (χ4n) is 2.49. The monoisotopic (exact) mass is 301 g/mol. The van der Waals surface area contributed by atoms with E-state index >= 15 is 0 Å². The molecule has 1 amide bonds. The number of halogens is 1. The minimum absolute atomic E-state index is 0.0198. The van der Waals surface area contributed by atoms with E-state index in [1.165, 1.54) is 0 Å². The van der Waals surface area contributed by atoms with Gasteiger partial charge >= 0.3 is 0 Å². The van der Waals surface area contributed by atoms with Gasteiger partial charge in [0, 0.05) is 13.0 Å². The van der Waals surface area contributed by atoms with Crippen molar-refractivity contribution >= 4 is 38.9 Å². The Labute approximate surface area is 115 Å². The predicted octanol–water partition coefficient (Wildman–Crippen LogP) is 0.681. The van der Waals surface area contributed by atoms with Crippen LogP contribution in [0.1, 0.15) is 6.42 Å². The van der Waals surface area contributed by atoms with Gasteiger partial charge in [0.05, 0.1) is 23.2 Å². The Morgan fingerprint density at radius 2 is 2.21 bits per heavy atom. The van der Waals surface area contributed by atoms with E-state index in [1.54, 1.807) is 12.1 Å². The van der Waals surface area contributed by atoms with Crippen molar-refractivity contribution < 1.29 is 13.2 Å². The minimum Gasteiger partial charge on any atom is -0.349 e. The molecule has 1 fully saturated rings. The Hall–Kier alpha value is -1.34. The summed E-state index contributed by atoms with van der Waals surface area (Å²) in [6, 6.07) is 2.92. The van der Waals surface area contributed by atoms with E-state index in [-0.39, 0.29) is 29.9 Å². The summed E-state index contributed by atoms with van der Waals surface area (Å²) in [5, 5.41) is 3.06. The van der Waals surface area contributed by atoms with Crippen LogP contribution in [0.3, 0.4) is 0 Å². The first-order valence-electron chi connectivity index (χ1n) is 5.88. The third-order valence-corrected chi connectivity index (χ3v) is 5.25. The summed E-state index contributed by atoms with van der Waals surface area (Å²) in [5.74, 6) is 0.410. The Bertz CT molecular complexity index is 647. The van der Waals surface area contributed by atoms with Crippen molar-refractivity contribution in [2.75, 3.05) is 28.3 Å². The molecule has 0 saturated carbocycles. The smallest absolute Gasteiger partial charge is 0.226 e. The zero-order valence-corrected chi connectivity index (χ0v) is 11.5. The molecule has 1 atom stereocenters. The van der Waals surface area contributed by atoms with Crippen LogP contribution in [0.4, 0.5) is 11.5 Å². The number of anilines is 2. The number of rotatable bonds is 0. The van der Waals surface area contributed by atoms with Gasteiger partial charge in [-0.25, -0.2) is 13.4 Å². The highest BCUT2D eigenvalue weighted by molar-refractivity contribution is 7.91. The third kappa shape index (κ3) is 2.40. The fraction of sp³-hybridized carbons (Fsp3) is 0.455. The van der Waals surface area contributed by atoms with Crippen LogP contribution in [0.2, 0.25) is 5.15 Å². The maximum atomic E-state index is 11.8. The summed E-state index contributed by atoms with van der Waals surface area (Å²) in [7, 11) is -3.09. The number of sulfone groups is 1. The van der Waals surface area contributed by atoms with E-state index in [2.05, 4.69) is 10.3 Å². The lowest BCUT2D eigenvalue weighted by molar-refractivity contribution is -0.116. The van der Waals surface area contributed by atoms with Gasteiger partial charge in [0.1, 0.15) is 5.15 Å². The van der Waals surface area contributed by atoms with Crippen LogP contribution >= 0.6 is 11.6 Å². The first-order valence-corrected chi connectivity index (χ1v) is 8.08. The van der Waals surface area contributed by atoms with Gasteiger partial charge in [-0.3, -0.25) is 4.79 Å². The van der Waals surface area contributed by atoms with Gasteiger partial charge in [-0.15, -0.1) is 0 Å². The summed E-state index contributed by atoms with van der Waals surface area (Å²) in [5.41, 5.74) is 0.580. The van der Waals surface area contributed by atoms with Gasteiger partial charge in [0.25, 0.3) is 0 Å². The zero-order valence-electron chi connectivity index (χ0n) is 9.97. The fourth-order valence-corrected chi connectivity index (χ4v) is 4.16. The highest BCUT2D eigenvalue weighted by Crippen LogP contribution is 2.32. The van der Waals surface area contributed by atoms with E-state index in [9.17, 15) is 13.2 Å². The van der Waals surface area contributed by atoms with Gasteiger partial charge in [-0.1, -0.05) is 11.6 Å². The lowest BCUT2D eigenvalue weighted by atomic mass is 10.2. The van der Waals surface area contributed by atoms with E-state index in [1.807, 2.05) is 4.90 Å². The van der Waals surface area contributed by atoms with Crippen LogP contribution in [0.25, 0.3) is 0 Å². The molecule has 0 radical (unpaired) electrons. The topological polar surface area (TPSA) is 79.4 Å². The number of aromatic nitrogens is 1. The average molecular weight is 302 g/mol. The molecule has 2 aliphatic rings. The first kappa shape index (κ1) is 12.7. The van der Waals surface area contributed by atoms with Crippen molar-refractivity contribution in [3.05, 3.63) is 17.3 Å². The number of nitrogens with zero attached hydrogens (tertiary/aromatic N) is 2. The molecule has 2 aliphatic heterocycles. The Morgan fingerprint density at radius 1 is 1.42 bits per heavy atom. The molecule has 19 heavy (non-hydrogen) atoms. The maximum Gasteiger partial charge on any atom is 0.226 e. The summed E-state index contributed by atoms with van der Waals surface area (Å²) in [6.45, 7) is 0.336. The summed E-state index contributed by atoms with van der Waals surface area (Å²) in [6.07, 6.45) is 0.146. The lowest BCUT2D eigenvalue weighted by Gasteiger charge is -2.34. The van der Waals surface area contributed by atoms with E-state index in [0.29, 0.717) is 23.2 Å². The second-order valence-corrected chi connectivity index (χ2v) is 7.33.